The lowest BCUT2D eigenvalue weighted by molar-refractivity contribution is -0.146. The lowest BCUT2D eigenvalue weighted by Gasteiger charge is -2.22. The van der Waals surface area contributed by atoms with Crippen molar-refractivity contribution in [3.8, 4) is 0 Å². The molecule has 0 saturated heterocycles. The van der Waals surface area contributed by atoms with E-state index in [0.717, 1.165) is 11.1 Å². The first-order valence-corrected chi connectivity index (χ1v) is 23.8. The van der Waals surface area contributed by atoms with Crippen LogP contribution in [-0.2, 0) is 75.0 Å². The Hall–Kier alpha value is -5.62. The van der Waals surface area contributed by atoms with Gasteiger partial charge >= 0.3 is 24.2 Å². The van der Waals surface area contributed by atoms with Gasteiger partial charge in [0.1, 0.15) is 31.0 Å². The van der Waals surface area contributed by atoms with E-state index >= 15 is 0 Å². The van der Waals surface area contributed by atoms with Crippen LogP contribution in [0.5, 0.6) is 0 Å². The van der Waals surface area contributed by atoms with E-state index in [1.165, 1.54) is 4.90 Å². The van der Waals surface area contributed by atoms with Gasteiger partial charge in [0, 0.05) is 39.3 Å². The number of amides is 5. The number of hydrogen-bond acceptors (Lipinski definition) is 17. The van der Waals surface area contributed by atoms with Gasteiger partial charge in [-0.3, -0.25) is 24.2 Å². The second-order valence-corrected chi connectivity index (χ2v) is 17.6. The van der Waals surface area contributed by atoms with Crippen LogP contribution >= 0.6 is 0 Å². The number of ether oxygens (including phenoxy) is 10. The van der Waals surface area contributed by atoms with Crippen molar-refractivity contribution in [3.63, 3.8) is 0 Å². The number of carbonyl (C=O) groups excluding carboxylic acids is 6. The van der Waals surface area contributed by atoms with E-state index in [-0.39, 0.29) is 150 Å². The average molecular weight is 1010 g/mol. The molecule has 0 saturated carbocycles. The summed E-state index contributed by atoms with van der Waals surface area (Å²) in [4.78, 5) is 77.8. The van der Waals surface area contributed by atoms with Crippen LogP contribution in [0.25, 0.3) is 0 Å². The van der Waals surface area contributed by atoms with Crippen LogP contribution in [0.15, 0.2) is 60.7 Å². The fourth-order valence-electron chi connectivity index (χ4n) is 5.66. The van der Waals surface area contributed by atoms with E-state index in [1.54, 1.807) is 46.4 Å². The van der Waals surface area contributed by atoms with Crippen LogP contribution in [-0.4, -0.2) is 195 Å². The van der Waals surface area contributed by atoms with Gasteiger partial charge in [0.15, 0.2) is 0 Å². The Bertz CT molecular complexity index is 1720. The standard InChI is InChI=1S/C49H78N6O16/c1-48(2,3)70-45(59)52-19-25-64-31-29-62-23-17-50-42(56)35-54(36-43(57)51-18-24-63-30-32-65-26-20-53-46(60)71-49(4,5)6)21-27-66-33-34-67-28-22-55(47(61)69-39-41-15-11-8-12-16-41)37-44(58)68-38-40-13-9-7-10-14-40/h7-16H,17-39H2,1-6H3,(H,50,56)(H,51,57)(H,52,59)(H,53,60). The summed E-state index contributed by atoms with van der Waals surface area (Å²) in [5, 5.41) is 10.8. The molecule has 4 N–H and O–H groups in total. The molecule has 0 atom stereocenters. The van der Waals surface area contributed by atoms with Crippen molar-refractivity contribution in [1.82, 2.24) is 31.1 Å². The van der Waals surface area contributed by atoms with E-state index < -0.39 is 35.5 Å². The Morgan fingerprint density at radius 1 is 0.437 bits per heavy atom. The number of carbonyl (C=O) groups is 6. The van der Waals surface area contributed by atoms with E-state index in [2.05, 4.69) is 21.3 Å². The molecule has 2 aromatic rings. The quantitative estimate of drug-likeness (QED) is 0.0431. The van der Waals surface area contributed by atoms with Gasteiger partial charge in [-0.25, -0.2) is 14.4 Å². The third-order valence-corrected chi connectivity index (χ3v) is 8.90. The summed E-state index contributed by atoms with van der Waals surface area (Å²) < 4.78 is 54.6. The number of alkyl carbamates (subject to hydrolysis) is 2. The number of rotatable bonds is 37. The van der Waals surface area contributed by atoms with Crippen molar-refractivity contribution in [2.75, 3.05) is 138 Å². The van der Waals surface area contributed by atoms with E-state index in [4.69, 9.17) is 47.4 Å². The maximum Gasteiger partial charge on any atom is 0.410 e. The lowest BCUT2D eigenvalue weighted by atomic mass is 10.2. The minimum Gasteiger partial charge on any atom is -0.459 e. The molecule has 0 aliphatic heterocycles. The normalized spacial score (nSPS) is 11.4. The molecule has 400 valence electrons. The molecular weight excluding hydrogens is 929 g/mol. The molecule has 0 spiro atoms. The molecule has 0 unspecified atom stereocenters. The molecule has 2 rings (SSSR count). The second-order valence-electron chi connectivity index (χ2n) is 17.6. The summed E-state index contributed by atoms with van der Waals surface area (Å²) in [6, 6.07) is 18.4. The number of hydrogen-bond donors (Lipinski definition) is 4. The third-order valence-electron chi connectivity index (χ3n) is 8.90. The predicted octanol–water partition coefficient (Wildman–Crippen LogP) is 3.05. The number of nitrogens with zero attached hydrogens (tertiary/aromatic N) is 2. The summed E-state index contributed by atoms with van der Waals surface area (Å²) in [6.45, 7) is 14.3. The number of nitrogens with one attached hydrogen (secondary N) is 4. The Morgan fingerprint density at radius 3 is 1.21 bits per heavy atom. The lowest BCUT2D eigenvalue weighted by Crippen LogP contribution is -2.45. The SMILES string of the molecule is CC(C)(C)OC(=O)NCCOCCOCCNC(=O)CN(CCOCCOCCN(CC(=O)OCc1ccccc1)C(=O)OCc1ccccc1)CC(=O)NCCOCCOCCNC(=O)OC(C)(C)C. The predicted molar refractivity (Wildman–Crippen MR) is 260 cm³/mol. The zero-order valence-corrected chi connectivity index (χ0v) is 42.5. The van der Waals surface area contributed by atoms with Crippen LogP contribution in [0, 0.1) is 0 Å². The summed E-state index contributed by atoms with van der Waals surface area (Å²) in [6.07, 6.45) is -1.74. The zero-order valence-electron chi connectivity index (χ0n) is 42.5. The molecule has 0 aromatic heterocycles. The molecular formula is C49H78N6O16. The average Bonchev–Trinajstić information content (AvgIpc) is 3.31. The fourth-order valence-corrected chi connectivity index (χ4v) is 5.66. The topological polar surface area (TPSA) is 249 Å². The van der Waals surface area contributed by atoms with Gasteiger partial charge in [0.05, 0.1) is 92.4 Å². The number of esters is 1. The minimum atomic E-state index is -0.695. The molecule has 0 heterocycles. The fraction of sp³-hybridized carbons (Fsp3) is 0.633. The summed E-state index contributed by atoms with van der Waals surface area (Å²) in [7, 11) is 0. The second kappa shape index (κ2) is 37.2. The molecule has 5 amide bonds. The molecule has 0 radical (unpaired) electrons. The molecule has 0 bridgehead atoms. The maximum atomic E-state index is 13.0. The molecule has 0 fully saturated rings. The maximum absolute atomic E-state index is 13.0. The zero-order chi connectivity index (χ0) is 52.0. The van der Waals surface area contributed by atoms with Crippen LogP contribution in [0.4, 0.5) is 14.4 Å². The smallest absolute Gasteiger partial charge is 0.410 e. The monoisotopic (exact) mass is 1010 g/mol. The highest BCUT2D eigenvalue weighted by molar-refractivity contribution is 5.81. The molecule has 22 heteroatoms. The van der Waals surface area contributed by atoms with Crippen LogP contribution in [0.2, 0.25) is 0 Å². The molecule has 71 heavy (non-hydrogen) atoms. The molecule has 0 aliphatic carbocycles. The highest BCUT2D eigenvalue weighted by Gasteiger charge is 2.21. The highest BCUT2D eigenvalue weighted by atomic mass is 16.6. The summed E-state index contributed by atoms with van der Waals surface area (Å²) in [5.41, 5.74) is 0.429. The summed E-state index contributed by atoms with van der Waals surface area (Å²) >= 11 is 0. The first-order chi connectivity index (χ1) is 34.0. The van der Waals surface area contributed by atoms with Crippen LogP contribution in [0.1, 0.15) is 52.7 Å². The van der Waals surface area contributed by atoms with Gasteiger partial charge < -0.3 is 68.6 Å². The largest absolute Gasteiger partial charge is 0.459 e. The van der Waals surface area contributed by atoms with Gasteiger partial charge in [-0.2, -0.15) is 0 Å². The van der Waals surface area contributed by atoms with Gasteiger partial charge in [-0.05, 0) is 52.7 Å². The van der Waals surface area contributed by atoms with Gasteiger partial charge in [-0.1, -0.05) is 60.7 Å². The van der Waals surface area contributed by atoms with Gasteiger partial charge in [0.25, 0.3) is 0 Å². The Labute approximate surface area is 418 Å². The van der Waals surface area contributed by atoms with Gasteiger partial charge in [-0.15, -0.1) is 0 Å². The molecule has 22 nitrogen and oxygen atoms in total. The van der Waals surface area contributed by atoms with Crippen molar-refractivity contribution in [1.29, 1.82) is 0 Å². The first kappa shape index (κ1) is 61.5. The Morgan fingerprint density at radius 2 is 0.803 bits per heavy atom. The van der Waals surface area contributed by atoms with E-state index in [9.17, 15) is 28.8 Å². The molecule has 0 aliphatic rings. The van der Waals surface area contributed by atoms with Crippen molar-refractivity contribution < 1.29 is 76.1 Å². The third kappa shape index (κ3) is 36.0. The van der Waals surface area contributed by atoms with E-state index in [0.29, 0.717) is 13.2 Å². The number of benzene rings is 2. The highest BCUT2D eigenvalue weighted by Crippen LogP contribution is 2.08. The van der Waals surface area contributed by atoms with Crippen LogP contribution in [0.3, 0.4) is 0 Å². The summed E-state index contributed by atoms with van der Waals surface area (Å²) in [5.74, 6) is -1.25. The minimum absolute atomic E-state index is 0.0271. The van der Waals surface area contributed by atoms with Crippen molar-refractivity contribution >= 4 is 36.1 Å². The van der Waals surface area contributed by atoms with Gasteiger partial charge in [0.2, 0.25) is 11.8 Å². The van der Waals surface area contributed by atoms with Crippen LogP contribution < -0.4 is 21.3 Å². The first-order valence-electron chi connectivity index (χ1n) is 23.8. The van der Waals surface area contributed by atoms with Crippen molar-refractivity contribution in [2.24, 2.45) is 0 Å². The van der Waals surface area contributed by atoms with Crippen molar-refractivity contribution in [3.05, 3.63) is 71.8 Å². The van der Waals surface area contributed by atoms with E-state index in [1.807, 2.05) is 60.7 Å². The van der Waals surface area contributed by atoms with Crippen molar-refractivity contribution in [2.45, 2.75) is 66.0 Å². The molecule has 2 aromatic carbocycles. The Kier molecular flexibility index (Phi) is 32.2. The Balaban J connectivity index is 1.76.